The van der Waals surface area contributed by atoms with Gasteiger partial charge in [-0.3, -0.25) is 4.79 Å². The number of aldehydes is 1. The summed E-state index contributed by atoms with van der Waals surface area (Å²) in [5, 5.41) is 4.33. The molecule has 0 spiro atoms. The van der Waals surface area contributed by atoms with Crippen molar-refractivity contribution in [2.75, 3.05) is 22.5 Å². The summed E-state index contributed by atoms with van der Waals surface area (Å²) < 4.78 is 11.4. The third-order valence-corrected chi connectivity index (χ3v) is 7.62. The molecule has 0 aliphatic rings. The minimum atomic E-state index is 0. The maximum absolute atomic E-state index is 10.2. The highest BCUT2D eigenvalue weighted by molar-refractivity contribution is 6.33. The SMILES string of the molecule is Cc1c(N)ncnc1Nc1ccc(OCc2ccccc2)c(Cl)c1.Cl.Nc1ccc(OCc2ccccc2)c(Cl)c1.Nc1ncnc(Cl)c1C=O. The summed E-state index contributed by atoms with van der Waals surface area (Å²) in [4.78, 5) is 25.5. The van der Waals surface area contributed by atoms with Gasteiger partial charge in [-0.25, -0.2) is 19.9 Å². The maximum atomic E-state index is 10.2. The summed E-state index contributed by atoms with van der Waals surface area (Å²) >= 11 is 17.8. The Labute approximate surface area is 316 Å². The van der Waals surface area contributed by atoms with E-state index in [-0.39, 0.29) is 28.9 Å². The first-order valence-corrected chi connectivity index (χ1v) is 16.0. The molecule has 0 amide bonds. The average Bonchev–Trinajstić information content (AvgIpc) is 3.11. The standard InChI is InChI=1S/C18H17ClN4O.C13H12ClNO.C5H4ClN3O.ClH/c1-12-17(20)21-11-22-18(12)23-14-7-8-16(15(19)9-14)24-10-13-5-3-2-4-6-13;14-12-8-11(15)6-7-13(12)16-9-10-4-2-1-3-5-10;6-4-3(1-10)5(7)9-2-8-4;/h2-9,11H,10H2,1H3,(H3,20,21,22,23);1-8H,9,15H2;1-2H,(H2,7,8,9);1H. The number of anilines is 5. The van der Waals surface area contributed by atoms with E-state index in [9.17, 15) is 4.79 Å². The summed E-state index contributed by atoms with van der Waals surface area (Å²) in [5.41, 5.74) is 21.2. The third-order valence-electron chi connectivity index (χ3n) is 6.73. The number of carbonyl (C=O) groups is 1. The van der Waals surface area contributed by atoms with E-state index in [4.69, 9.17) is 61.5 Å². The van der Waals surface area contributed by atoms with Gasteiger partial charge in [0.25, 0.3) is 0 Å². The molecule has 0 saturated carbocycles. The highest BCUT2D eigenvalue weighted by Crippen LogP contribution is 2.31. The number of nitrogens with two attached hydrogens (primary N) is 3. The Morgan fingerprint density at radius 3 is 1.73 bits per heavy atom. The van der Waals surface area contributed by atoms with Gasteiger partial charge in [0.15, 0.2) is 6.29 Å². The van der Waals surface area contributed by atoms with Crippen LogP contribution in [-0.4, -0.2) is 26.2 Å². The number of nitrogen functional groups attached to an aromatic ring is 3. The van der Waals surface area contributed by atoms with E-state index >= 15 is 0 Å². The molecular formula is C36H34Cl4N8O3. The van der Waals surface area contributed by atoms with Crippen molar-refractivity contribution in [3.63, 3.8) is 0 Å². The Bertz CT molecular complexity index is 1990. The molecule has 0 aliphatic carbocycles. The molecule has 0 fully saturated rings. The van der Waals surface area contributed by atoms with Crippen molar-refractivity contribution < 1.29 is 14.3 Å². The van der Waals surface area contributed by atoms with Gasteiger partial charge < -0.3 is 32.0 Å². The van der Waals surface area contributed by atoms with Gasteiger partial charge in [-0.1, -0.05) is 95.5 Å². The predicted molar refractivity (Wildman–Crippen MR) is 207 cm³/mol. The topological polar surface area (TPSA) is 177 Å². The van der Waals surface area contributed by atoms with Crippen LogP contribution in [0.15, 0.2) is 110 Å². The first-order chi connectivity index (χ1) is 24.1. The number of nitrogens with one attached hydrogen (secondary N) is 1. The van der Waals surface area contributed by atoms with Gasteiger partial charge in [-0.2, -0.15) is 0 Å². The lowest BCUT2D eigenvalue weighted by atomic mass is 10.2. The van der Waals surface area contributed by atoms with E-state index in [0.29, 0.717) is 58.4 Å². The van der Waals surface area contributed by atoms with Crippen LogP contribution in [0.2, 0.25) is 15.2 Å². The van der Waals surface area contributed by atoms with E-state index in [0.717, 1.165) is 22.4 Å². The normalized spacial score (nSPS) is 9.88. The first-order valence-electron chi connectivity index (χ1n) is 14.9. The number of benzene rings is 4. The van der Waals surface area contributed by atoms with Crippen LogP contribution in [0, 0.1) is 6.92 Å². The number of ether oxygens (including phenoxy) is 2. The van der Waals surface area contributed by atoms with Crippen molar-refractivity contribution in [2.24, 2.45) is 0 Å². The van der Waals surface area contributed by atoms with Crippen molar-refractivity contribution in [2.45, 2.75) is 20.1 Å². The number of rotatable bonds is 9. The van der Waals surface area contributed by atoms with Gasteiger partial charge in [0, 0.05) is 16.9 Å². The molecule has 11 nitrogen and oxygen atoms in total. The molecule has 264 valence electrons. The minimum absolute atomic E-state index is 0. The second-order valence-corrected chi connectivity index (χ2v) is 11.5. The second-order valence-electron chi connectivity index (χ2n) is 10.3. The van der Waals surface area contributed by atoms with Crippen molar-refractivity contribution >= 4 is 82.3 Å². The number of carbonyl (C=O) groups excluding carboxylic acids is 1. The van der Waals surface area contributed by atoms with E-state index in [1.165, 1.54) is 12.7 Å². The van der Waals surface area contributed by atoms with Crippen LogP contribution in [0.3, 0.4) is 0 Å². The van der Waals surface area contributed by atoms with Crippen LogP contribution in [0.5, 0.6) is 11.5 Å². The predicted octanol–water partition coefficient (Wildman–Crippen LogP) is 8.79. The molecule has 0 saturated heterocycles. The van der Waals surface area contributed by atoms with Crippen molar-refractivity contribution in [3.05, 3.63) is 147 Å². The van der Waals surface area contributed by atoms with E-state index in [1.807, 2.05) is 79.7 Å². The Morgan fingerprint density at radius 1 is 0.686 bits per heavy atom. The summed E-state index contributed by atoms with van der Waals surface area (Å²) in [5.74, 6) is 2.48. The lowest BCUT2D eigenvalue weighted by Gasteiger charge is -2.12. The number of aromatic nitrogens is 4. The Balaban J connectivity index is 0.000000224. The molecule has 51 heavy (non-hydrogen) atoms. The van der Waals surface area contributed by atoms with E-state index in [2.05, 4.69) is 25.3 Å². The molecule has 0 unspecified atom stereocenters. The molecule has 0 radical (unpaired) electrons. The van der Waals surface area contributed by atoms with E-state index < -0.39 is 0 Å². The minimum Gasteiger partial charge on any atom is -0.487 e. The van der Waals surface area contributed by atoms with Crippen LogP contribution < -0.4 is 32.0 Å². The molecule has 0 bridgehead atoms. The van der Waals surface area contributed by atoms with Gasteiger partial charge >= 0.3 is 0 Å². The third kappa shape index (κ3) is 12.5. The summed E-state index contributed by atoms with van der Waals surface area (Å²) in [6.07, 6.45) is 3.14. The fourth-order valence-corrected chi connectivity index (χ4v) is 4.69. The monoisotopic (exact) mass is 766 g/mol. The number of halogens is 4. The molecule has 2 aromatic heterocycles. The highest BCUT2D eigenvalue weighted by atomic mass is 35.5. The maximum Gasteiger partial charge on any atom is 0.156 e. The Kier molecular flexibility index (Phi) is 16.0. The lowest BCUT2D eigenvalue weighted by molar-refractivity contribution is 0.112. The molecule has 6 rings (SSSR count). The highest BCUT2D eigenvalue weighted by Gasteiger charge is 2.08. The van der Waals surface area contributed by atoms with Crippen LogP contribution in [0.1, 0.15) is 27.0 Å². The molecule has 2 heterocycles. The zero-order valence-electron chi connectivity index (χ0n) is 27.2. The van der Waals surface area contributed by atoms with E-state index in [1.54, 1.807) is 24.3 Å². The van der Waals surface area contributed by atoms with Gasteiger partial charge in [0.1, 0.15) is 60.0 Å². The number of hydrogen-bond donors (Lipinski definition) is 4. The molecule has 4 aromatic carbocycles. The Morgan fingerprint density at radius 2 is 1.22 bits per heavy atom. The van der Waals surface area contributed by atoms with Crippen LogP contribution >= 0.6 is 47.2 Å². The molecule has 15 heteroatoms. The van der Waals surface area contributed by atoms with Gasteiger partial charge in [-0.05, 0) is 54.4 Å². The van der Waals surface area contributed by atoms with Crippen molar-refractivity contribution in [3.8, 4) is 11.5 Å². The lowest BCUT2D eigenvalue weighted by Crippen LogP contribution is -2.02. The summed E-state index contributed by atoms with van der Waals surface area (Å²) in [7, 11) is 0. The average molecular weight is 769 g/mol. The van der Waals surface area contributed by atoms with Gasteiger partial charge in [0.05, 0.1) is 15.6 Å². The van der Waals surface area contributed by atoms with Gasteiger partial charge in [0.2, 0.25) is 0 Å². The zero-order valence-corrected chi connectivity index (χ0v) is 30.3. The van der Waals surface area contributed by atoms with Crippen LogP contribution in [0.4, 0.5) is 28.8 Å². The number of hydrogen-bond acceptors (Lipinski definition) is 11. The zero-order chi connectivity index (χ0) is 35.9. The van der Waals surface area contributed by atoms with Crippen LogP contribution in [0.25, 0.3) is 0 Å². The largest absolute Gasteiger partial charge is 0.487 e. The molecule has 0 aliphatic heterocycles. The first kappa shape index (κ1) is 40.1. The Hall–Kier alpha value is -5.33. The second kappa shape index (κ2) is 20.4. The fraction of sp³-hybridized carbons (Fsp3) is 0.0833. The van der Waals surface area contributed by atoms with Crippen molar-refractivity contribution in [1.82, 2.24) is 19.9 Å². The van der Waals surface area contributed by atoms with Gasteiger partial charge in [-0.15, -0.1) is 12.4 Å². The molecule has 7 N–H and O–H groups in total. The molecular weight excluding hydrogens is 734 g/mol. The smallest absolute Gasteiger partial charge is 0.156 e. The molecule has 0 atom stereocenters. The molecule has 6 aromatic rings. The summed E-state index contributed by atoms with van der Waals surface area (Å²) in [6.45, 7) is 2.83. The fourth-order valence-electron chi connectivity index (χ4n) is 4.02. The van der Waals surface area contributed by atoms with Crippen molar-refractivity contribution in [1.29, 1.82) is 0 Å². The summed E-state index contributed by atoms with van der Waals surface area (Å²) in [6, 6.07) is 30.6. The van der Waals surface area contributed by atoms with Crippen LogP contribution in [-0.2, 0) is 13.2 Å². The number of nitrogens with zero attached hydrogens (tertiary/aromatic N) is 4. The quantitative estimate of drug-likeness (QED) is 0.0628.